The molecule has 0 spiro atoms. The van der Waals surface area contributed by atoms with E-state index in [0.29, 0.717) is 6.54 Å². The Labute approximate surface area is 90.8 Å². The van der Waals surface area contributed by atoms with Gasteiger partial charge < -0.3 is 16.4 Å². The molecule has 1 amide bonds. The van der Waals surface area contributed by atoms with E-state index in [-0.39, 0.29) is 24.3 Å². The molecule has 0 rings (SSSR count). The lowest BCUT2D eigenvalue weighted by molar-refractivity contribution is -0.126. The third kappa shape index (κ3) is 7.04. The number of carbonyl (C=O) groups excluding carboxylic acids is 2. The van der Waals surface area contributed by atoms with Crippen LogP contribution in [-0.2, 0) is 9.59 Å². The molecule has 88 valence electrons. The first-order valence-corrected chi connectivity index (χ1v) is 5.26. The van der Waals surface area contributed by atoms with Crippen molar-refractivity contribution in [3.05, 3.63) is 0 Å². The first-order chi connectivity index (χ1) is 7.11. The van der Waals surface area contributed by atoms with E-state index in [4.69, 9.17) is 5.73 Å². The molecule has 0 aromatic rings. The molecule has 1 atom stereocenters. The summed E-state index contributed by atoms with van der Waals surface area (Å²) in [6.45, 7) is 2.20. The van der Waals surface area contributed by atoms with Crippen LogP contribution in [0.5, 0.6) is 0 Å². The van der Waals surface area contributed by atoms with Gasteiger partial charge in [0.25, 0.3) is 0 Å². The molecule has 0 aliphatic rings. The molecule has 0 aromatic heterocycles. The van der Waals surface area contributed by atoms with Gasteiger partial charge >= 0.3 is 0 Å². The Morgan fingerprint density at radius 1 is 1.33 bits per heavy atom. The molecule has 0 aliphatic carbocycles. The van der Waals surface area contributed by atoms with Crippen LogP contribution in [0.25, 0.3) is 0 Å². The van der Waals surface area contributed by atoms with Gasteiger partial charge in [-0.15, -0.1) is 0 Å². The van der Waals surface area contributed by atoms with Gasteiger partial charge in [0.15, 0.2) is 0 Å². The smallest absolute Gasteiger partial charge is 0.237 e. The fourth-order valence-electron chi connectivity index (χ4n) is 1.23. The zero-order valence-electron chi connectivity index (χ0n) is 9.51. The van der Waals surface area contributed by atoms with Gasteiger partial charge in [0, 0.05) is 0 Å². The van der Waals surface area contributed by atoms with Gasteiger partial charge in [0.05, 0.1) is 12.6 Å². The number of hydrogen-bond donors (Lipinski definition) is 3. The van der Waals surface area contributed by atoms with Crippen molar-refractivity contribution in [2.45, 2.75) is 32.2 Å². The number of nitrogens with two attached hydrogens (primary N) is 1. The van der Waals surface area contributed by atoms with Crippen molar-refractivity contribution in [3.8, 4) is 0 Å². The molecular weight excluding hydrogens is 194 g/mol. The minimum atomic E-state index is -0.226. The fourth-order valence-corrected chi connectivity index (χ4v) is 1.23. The molecule has 0 saturated carbocycles. The summed E-state index contributed by atoms with van der Waals surface area (Å²) < 4.78 is 0. The molecule has 15 heavy (non-hydrogen) atoms. The Balaban J connectivity index is 3.82. The summed E-state index contributed by atoms with van der Waals surface area (Å²) in [5, 5.41) is 5.50. The van der Waals surface area contributed by atoms with E-state index >= 15 is 0 Å². The number of Topliss-reactive ketones (excluding diaryl/α,β-unsaturated/α-hetero) is 1. The average Bonchev–Trinajstić information content (AvgIpc) is 2.21. The molecule has 0 fully saturated rings. The summed E-state index contributed by atoms with van der Waals surface area (Å²) >= 11 is 0. The number of likely N-dealkylation sites (N-methyl/N-ethyl adjacent to an activating group) is 1. The predicted octanol–water partition coefficient (Wildman–Crippen LogP) is -0.591. The number of ketones is 1. The summed E-state index contributed by atoms with van der Waals surface area (Å²) in [7, 11) is 1.74. The summed E-state index contributed by atoms with van der Waals surface area (Å²) in [6, 6.07) is -0.226. The number of carbonyl (C=O) groups is 2. The summed E-state index contributed by atoms with van der Waals surface area (Å²) in [6.07, 6.45) is 2.57. The van der Waals surface area contributed by atoms with Gasteiger partial charge in [-0.05, 0) is 33.4 Å². The Morgan fingerprint density at radius 3 is 2.47 bits per heavy atom. The maximum absolute atomic E-state index is 11.5. The van der Waals surface area contributed by atoms with E-state index in [9.17, 15) is 9.59 Å². The van der Waals surface area contributed by atoms with Crippen molar-refractivity contribution in [1.29, 1.82) is 0 Å². The van der Waals surface area contributed by atoms with Crippen molar-refractivity contribution in [2.75, 3.05) is 20.1 Å². The van der Waals surface area contributed by atoms with Crippen LogP contribution in [0.15, 0.2) is 0 Å². The minimum Gasteiger partial charge on any atom is -0.348 e. The number of unbranched alkanes of at least 4 members (excludes halogenated alkanes) is 1. The molecule has 0 aromatic carbocycles. The highest BCUT2D eigenvalue weighted by Gasteiger charge is 2.15. The van der Waals surface area contributed by atoms with Crippen LogP contribution >= 0.6 is 0 Å². The third-order valence-corrected chi connectivity index (χ3v) is 2.12. The fraction of sp³-hybridized carbons (Fsp3) is 0.800. The lowest BCUT2D eigenvalue weighted by atomic mass is 10.1. The summed E-state index contributed by atoms with van der Waals surface area (Å²) in [4.78, 5) is 22.2. The highest BCUT2D eigenvalue weighted by molar-refractivity contribution is 5.87. The molecule has 0 bridgehead atoms. The van der Waals surface area contributed by atoms with Crippen LogP contribution in [-0.4, -0.2) is 37.9 Å². The molecule has 5 heteroatoms. The number of amides is 1. The van der Waals surface area contributed by atoms with Crippen LogP contribution in [0.1, 0.15) is 26.2 Å². The van der Waals surface area contributed by atoms with Gasteiger partial charge in [-0.25, -0.2) is 0 Å². The van der Waals surface area contributed by atoms with E-state index in [1.165, 1.54) is 6.92 Å². The van der Waals surface area contributed by atoms with Crippen molar-refractivity contribution < 1.29 is 9.59 Å². The standard InChI is InChI=1S/C10H21N3O2/c1-8(14)7-13-10(15)9(12-2)5-3-4-6-11/h9,12H,3-7,11H2,1-2H3,(H,13,15)/t9-/m0/s1. The average molecular weight is 215 g/mol. The van der Waals surface area contributed by atoms with Gasteiger partial charge in [-0.2, -0.15) is 0 Å². The lowest BCUT2D eigenvalue weighted by Crippen LogP contribution is -2.44. The lowest BCUT2D eigenvalue weighted by Gasteiger charge is -2.15. The highest BCUT2D eigenvalue weighted by atomic mass is 16.2. The Kier molecular flexibility index (Phi) is 7.85. The normalized spacial score (nSPS) is 12.2. The van der Waals surface area contributed by atoms with Crippen molar-refractivity contribution in [3.63, 3.8) is 0 Å². The van der Waals surface area contributed by atoms with Gasteiger partial charge in [0.2, 0.25) is 5.91 Å². The van der Waals surface area contributed by atoms with Gasteiger partial charge in [0.1, 0.15) is 5.78 Å². The molecule has 0 radical (unpaired) electrons. The second-order valence-electron chi connectivity index (χ2n) is 3.55. The molecule has 5 nitrogen and oxygen atoms in total. The second-order valence-corrected chi connectivity index (χ2v) is 3.55. The highest BCUT2D eigenvalue weighted by Crippen LogP contribution is 1.99. The van der Waals surface area contributed by atoms with Crippen LogP contribution < -0.4 is 16.4 Å². The van der Waals surface area contributed by atoms with Crippen molar-refractivity contribution in [2.24, 2.45) is 5.73 Å². The largest absolute Gasteiger partial charge is 0.348 e. The maximum Gasteiger partial charge on any atom is 0.237 e. The summed E-state index contributed by atoms with van der Waals surface area (Å²) in [5.41, 5.74) is 5.37. The Hall–Kier alpha value is -0.940. The van der Waals surface area contributed by atoms with Gasteiger partial charge in [-0.3, -0.25) is 9.59 Å². The van der Waals surface area contributed by atoms with Gasteiger partial charge in [-0.1, -0.05) is 6.42 Å². The van der Waals surface area contributed by atoms with Crippen molar-refractivity contribution in [1.82, 2.24) is 10.6 Å². The number of rotatable bonds is 8. The van der Waals surface area contributed by atoms with E-state index in [2.05, 4.69) is 10.6 Å². The zero-order chi connectivity index (χ0) is 11.7. The minimum absolute atomic E-state index is 0.0415. The quantitative estimate of drug-likeness (QED) is 0.472. The van der Waals surface area contributed by atoms with E-state index in [0.717, 1.165) is 19.3 Å². The van der Waals surface area contributed by atoms with Crippen LogP contribution in [0, 0.1) is 0 Å². The van der Waals surface area contributed by atoms with E-state index < -0.39 is 0 Å². The van der Waals surface area contributed by atoms with Crippen LogP contribution in [0.4, 0.5) is 0 Å². The molecule has 0 saturated heterocycles. The SMILES string of the molecule is CN[C@@H](CCCCN)C(=O)NCC(C)=O. The maximum atomic E-state index is 11.5. The topological polar surface area (TPSA) is 84.2 Å². The van der Waals surface area contributed by atoms with E-state index in [1.807, 2.05) is 0 Å². The number of hydrogen-bond acceptors (Lipinski definition) is 4. The van der Waals surface area contributed by atoms with Crippen LogP contribution in [0.3, 0.4) is 0 Å². The molecule has 0 aliphatic heterocycles. The third-order valence-electron chi connectivity index (χ3n) is 2.12. The molecule has 0 unspecified atom stereocenters. The second kappa shape index (κ2) is 8.38. The van der Waals surface area contributed by atoms with Crippen molar-refractivity contribution >= 4 is 11.7 Å². The molecule has 0 heterocycles. The first kappa shape index (κ1) is 14.1. The Bertz CT molecular complexity index is 207. The molecular formula is C10H21N3O2. The number of nitrogens with one attached hydrogen (secondary N) is 2. The molecule has 4 N–H and O–H groups in total. The van der Waals surface area contributed by atoms with Crippen LogP contribution in [0.2, 0.25) is 0 Å². The summed E-state index contributed by atoms with van der Waals surface area (Å²) in [5.74, 6) is -0.162. The van der Waals surface area contributed by atoms with E-state index in [1.54, 1.807) is 7.05 Å². The monoisotopic (exact) mass is 215 g/mol. The zero-order valence-corrected chi connectivity index (χ0v) is 9.51. The predicted molar refractivity (Wildman–Crippen MR) is 59.4 cm³/mol. The first-order valence-electron chi connectivity index (χ1n) is 5.26. The Morgan fingerprint density at radius 2 is 2.00 bits per heavy atom.